The molecule has 1 atom stereocenters. The number of aliphatic carboxylic acids is 1. The molecule has 0 heterocycles. The second-order valence-corrected chi connectivity index (χ2v) is 3.47. The molecule has 0 aliphatic carbocycles. The van der Waals surface area contributed by atoms with Crippen LogP contribution in [0.5, 0.6) is 0 Å². The van der Waals surface area contributed by atoms with Gasteiger partial charge in [0.1, 0.15) is 12.2 Å². The highest BCUT2D eigenvalue weighted by molar-refractivity contribution is 5.78. The van der Waals surface area contributed by atoms with Gasteiger partial charge >= 0.3 is 5.97 Å². The summed E-state index contributed by atoms with van der Waals surface area (Å²) in [4.78, 5) is 10.6. The number of hydrogen-bond acceptors (Lipinski definition) is 4. The fraction of sp³-hybridized carbons (Fsp3) is 0.600. The molecule has 0 aliphatic rings. The standard InChI is InChI=1S/C10H18FN3O2/c11-8-10(13,9(15)16)4-2-1-3-6-14-7-5-12/h1,3,5,12,14H,2,4,6-8,13H2,(H,15,16)/b3-1-,12-5?/t10-/m1/s1. The second kappa shape index (κ2) is 7.95. The molecule has 0 aromatic heterocycles. The van der Waals surface area contributed by atoms with Gasteiger partial charge < -0.3 is 21.6 Å². The summed E-state index contributed by atoms with van der Waals surface area (Å²) in [5.41, 5.74) is 3.58. The number of carboxylic acid groups (broad SMARTS) is 1. The smallest absolute Gasteiger partial charge is 0.326 e. The van der Waals surface area contributed by atoms with Gasteiger partial charge in [0.25, 0.3) is 0 Å². The highest BCUT2D eigenvalue weighted by Gasteiger charge is 2.32. The first kappa shape index (κ1) is 14.7. The maximum absolute atomic E-state index is 12.4. The summed E-state index contributed by atoms with van der Waals surface area (Å²) in [6.45, 7) is 0.0165. The van der Waals surface area contributed by atoms with E-state index in [9.17, 15) is 9.18 Å². The molecule has 0 spiro atoms. The quantitative estimate of drug-likeness (QED) is 0.261. The fourth-order valence-corrected chi connectivity index (χ4v) is 1.01. The molecule has 6 heteroatoms. The molecule has 0 saturated carbocycles. The van der Waals surface area contributed by atoms with E-state index >= 15 is 0 Å². The number of nitrogens with two attached hydrogens (primary N) is 1. The van der Waals surface area contributed by atoms with Crippen LogP contribution in [0.2, 0.25) is 0 Å². The zero-order valence-corrected chi connectivity index (χ0v) is 9.08. The molecule has 0 bridgehead atoms. The van der Waals surface area contributed by atoms with Crippen LogP contribution in [-0.2, 0) is 4.79 Å². The average molecular weight is 231 g/mol. The monoisotopic (exact) mass is 231 g/mol. The Morgan fingerprint density at radius 1 is 1.50 bits per heavy atom. The molecule has 0 unspecified atom stereocenters. The van der Waals surface area contributed by atoms with Gasteiger partial charge in [-0.1, -0.05) is 12.2 Å². The van der Waals surface area contributed by atoms with E-state index in [1.54, 1.807) is 12.2 Å². The Labute approximate surface area is 94.0 Å². The van der Waals surface area contributed by atoms with Crippen LogP contribution in [0.25, 0.3) is 0 Å². The van der Waals surface area contributed by atoms with Crippen molar-refractivity contribution in [1.29, 1.82) is 5.41 Å². The van der Waals surface area contributed by atoms with Crippen molar-refractivity contribution in [3.63, 3.8) is 0 Å². The zero-order chi connectivity index (χ0) is 12.4. The van der Waals surface area contributed by atoms with Crippen molar-refractivity contribution < 1.29 is 14.3 Å². The normalized spacial score (nSPS) is 14.9. The van der Waals surface area contributed by atoms with Crippen molar-refractivity contribution in [2.75, 3.05) is 19.8 Å². The summed E-state index contributed by atoms with van der Waals surface area (Å²) in [7, 11) is 0. The molecular formula is C10H18FN3O2. The highest BCUT2D eigenvalue weighted by atomic mass is 19.1. The predicted molar refractivity (Wildman–Crippen MR) is 60.6 cm³/mol. The molecule has 0 amide bonds. The van der Waals surface area contributed by atoms with Crippen molar-refractivity contribution in [3.05, 3.63) is 12.2 Å². The number of allylic oxidation sites excluding steroid dienone is 1. The van der Waals surface area contributed by atoms with E-state index in [2.05, 4.69) is 5.32 Å². The largest absolute Gasteiger partial charge is 0.480 e. The lowest BCUT2D eigenvalue weighted by Crippen LogP contribution is -2.49. The van der Waals surface area contributed by atoms with E-state index < -0.39 is 18.2 Å². The first-order valence-corrected chi connectivity index (χ1v) is 4.99. The van der Waals surface area contributed by atoms with Gasteiger partial charge in [0.15, 0.2) is 0 Å². The van der Waals surface area contributed by atoms with E-state index in [0.717, 1.165) is 0 Å². The minimum atomic E-state index is -1.77. The van der Waals surface area contributed by atoms with Crippen molar-refractivity contribution >= 4 is 12.2 Å². The number of nitrogens with one attached hydrogen (secondary N) is 2. The second-order valence-electron chi connectivity index (χ2n) is 3.47. The number of carbonyl (C=O) groups is 1. The molecule has 5 nitrogen and oxygen atoms in total. The van der Waals surface area contributed by atoms with Gasteiger partial charge in [-0.2, -0.15) is 0 Å². The molecule has 16 heavy (non-hydrogen) atoms. The third-order valence-corrected chi connectivity index (χ3v) is 2.10. The molecule has 0 rings (SSSR count). The van der Waals surface area contributed by atoms with Crippen molar-refractivity contribution in [2.24, 2.45) is 5.73 Å². The van der Waals surface area contributed by atoms with Crippen LogP contribution in [0.15, 0.2) is 12.2 Å². The number of alkyl halides is 1. The number of hydrogen-bond donors (Lipinski definition) is 4. The van der Waals surface area contributed by atoms with Gasteiger partial charge in [0, 0.05) is 19.3 Å². The van der Waals surface area contributed by atoms with E-state index in [0.29, 0.717) is 19.5 Å². The first-order chi connectivity index (χ1) is 7.56. The third-order valence-electron chi connectivity index (χ3n) is 2.10. The van der Waals surface area contributed by atoms with E-state index in [4.69, 9.17) is 16.2 Å². The van der Waals surface area contributed by atoms with Crippen LogP contribution < -0.4 is 11.1 Å². The van der Waals surface area contributed by atoms with Crippen LogP contribution in [0.4, 0.5) is 4.39 Å². The highest BCUT2D eigenvalue weighted by Crippen LogP contribution is 2.11. The van der Waals surface area contributed by atoms with E-state index in [1.807, 2.05) is 0 Å². The van der Waals surface area contributed by atoms with Gasteiger partial charge in [-0.25, -0.2) is 4.39 Å². The summed E-state index contributed by atoms with van der Waals surface area (Å²) in [5, 5.41) is 18.3. The Hall–Kier alpha value is -1.27. The molecule has 0 aliphatic heterocycles. The molecule has 0 saturated heterocycles. The van der Waals surface area contributed by atoms with Crippen molar-refractivity contribution in [1.82, 2.24) is 5.32 Å². The maximum atomic E-state index is 12.4. The van der Waals surface area contributed by atoms with Crippen LogP contribution in [0.3, 0.4) is 0 Å². The Bertz CT molecular complexity index is 258. The molecule has 0 aromatic carbocycles. The van der Waals surface area contributed by atoms with Gasteiger partial charge in [-0.05, 0) is 12.8 Å². The fourth-order valence-electron chi connectivity index (χ4n) is 1.01. The number of rotatable bonds is 9. The summed E-state index contributed by atoms with van der Waals surface area (Å²) >= 11 is 0. The topological polar surface area (TPSA) is 99.2 Å². The summed E-state index contributed by atoms with van der Waals surface area (Å²) in [6, 6.07) is 0. The van der Waals surface area contributed by atoms with Crippen molar-refractivity contribution in [2.45, 2.75) is 18.4 Å². The SMILES string of the molecule is N=CCNC/C=C\CC[C@@](N)(CF)C(=O)O. The summed E-state index contributed by atoms with van der Waals surface area (Å²) < 4.78 is 12.4. The number of halogens is 1. The van der Waals surface area contributed by atoms with Crippen molar-refractivity contribution in [3.8, 4) is 0 Å². The van der Waals surface area contributed by atoms with E-state index in [1.165, 1.54) is 6.21 Å². The minimum Gasteiger partial charge on any atom is -0.480 e. The lowest BCUT2D eigenvalue weighted by molar-refractivity contribution is -0.144. The minimum absolute atomic E-state index is 0.0693. The zero-order valence-electron chi connectivity index (χ0n) is 9.08. The molecular weight excluding hydrogens is 213 g/mol. The van der Waals surface area contributed by atoms with Crippen LogP contribution in [0, 0.1) is 5.41 Å². The van der Waals surface area contributed by atoms with Gasteiger partial charge in [-0.15, -0.1) is 0 Å². The summed E-state index contributed by atoms with van der Waals surface area (Å²) in [5.74, 6) is -1.31. The van der Waals surface area contributed by atoms with Crippen LogP contribution >= 0.6 is 0 Å². The Morgan fingerprint density at radius 2 is 2.19 bits per heavy atom. The van der Waals surface area contributed by atoms with Gasteiger partial charge in [-0.3, -0.25) is 4.79 Å². The number of carboxylic acids is 1. The lowest BCUT2D eigenvalue weighted by atomic mass is 9.96. The Kier molecular flexibility index (Phi) is 7.32. The molecule has 0 radical (unpaired) electrons. The molecule has 5 N–H and O–H groups in total. The van der Waals surface area contributed by atoms with Gasteiger partial charge in [0.2, 0.25) is 0 Å². The molecule has 0 fully saturated rings. The predicted octanol–water partition coefficient (Wildman–Crippen LogP) is 0.314. The Balaban J connectivity index is 3.78. The summed E-state index contributed by atoms with van der Waals surface area (Å²) in [6.07, 6.45) is 5.27. The average Bonchev–Trinajstić information content (AvgIpc) is 2.27. The third kappa shape index (κ3) is 5.57. The maximum Gasteiger partial charge on any atom is 0.326 e. The molecule has 92 valence electrons. The lowest BCUT2D eigenvalue weighted by Gasteiger charge is -2.19. The van der Waals surface area contributed by atoms with Crippen LogP contribution in [-0.4, -0.2) is 42.6 Å². The first-order valence-electron chi connectivity index (χ1n) is 4.99. The van der Waals surface area contributed by atoms with E-state index in [-0.39, 0.29) is 6.42 Å². The Morgan fingerprint density at radius 3 is 2.69 bits per heavy atom. The van der Waals surface area contributed by atoms with Gasteiger partial charge in [0.05, 0.1) is 0 Å². The van der Waals surface area contributed by atoms with Crippen LogP contribution in [0.1, 0.15) is 12.8 Å². The molecule has 0 aromatic rings.